The number of rotatable bonds is 3. The molecule has 5 heteroatoms. The van der Waals surface area contributed by atoms with Gasteiger partial charge in [-0.1, -0.05) is 11.6 Å². The summed E-state index contributed by atoms with van der Waals surface area (Å²) in [7, 11) is 2.12. The summed E-state index contributed by atoms with van der Waals surface area (Å²) >= 11 is 6.10. The van der Waals surface area contributed by atoms with Crippen LogP contribution in [0.15, 0.2) is 12.3 Å². The smallest absolute Gasteiger partial charge is 0.232 e. The molecule has 1 aliphatic heterocycles. The largest absolute Gasteiger partial charge is 0.473 e. The monoisotopic (exact) mass is 255 g/mol. The molecule has 2 heterocycles. The standard InChI is InChI=1S/C12H18ClN3O/c1-16-4-2-10(3-5-16)17-12-11(13)6-9(7-14)8-15-12/h6,8,10H,2-5,7,14H2,1H3. The summed E-state index contributed by atoms with van der Waals surface area (Å²) in [6.45, 7) is 2.56. The summed E-state index contributed by atoms with van der Waals surface area (Å²) in [6.07, 6.45) is 3.98. The molecule has 1 saturated heterocycles. The van der Waals surface area contributed by atoms with E-state index in [0.717, 1.165) is 31.5 Å². The average molecular weight is 256 g/mol. The number of nitrogens with zero attached hydrogens (tertiary/aromatic N) is 2. The molecule has 1 aromatic rings. The van der Waals surface area contributed by atoms with Crippen LogP contribution in [0.4, 0.5) is 0 Å². The molecular weight excluding hydrogens is 238 g/mol. The Hall–Kier alpha value is -0.840. The third-order valence-corrected chi connectivity index (χ3v) is 3.31. The second kappa shape index (κ2) is 5.67. The van der Waals surface area contributed by atoms with Gasteiger partial charge in [0.2, 0.25) is 5.88 Å². The van der Waals surface area contributed by atoms with E-state index in [1.54, 1.807) is 6.20 Å². The lowest BCUT2D eigenvalue weighted by Crippen LogP contribution is -2.35. The van der Waals surface area contributed by atoms with Crippen LogP contribution in [0.2, 0.25) is 5.02 Å². The molecule has 1 aliphatic rings. The Balaban J connectivity index is 1.99. The van der Waals surface area contributed by atoms with Crippen LogP contribution >= 0.6 is 11.6 Å². The summed E-state index contributed by atoms with van der Waals surface area (Å²) in [5.41, 5.74) is 6.45. The van der Waals surface area contributed by atoms with Crippen LogP contribution in [0.1, 0.15) is 18.4 Å². The van der Waals surface area contributed by atoms with Crippen molar-refractivity contribution in [2.75, 3.05) is 20.1 Å². The Labute approximate surface area is 107 Å². The predicted octanol–water partition coefficient (Wildman–Crippen LogP) is 1.67. The van der Waals surface area contributed by atoms with E-state index < -0.39 is 0 Å². The quantitative estimate of drug-likeness (QED) is 0.893. The van der Waals surface area contributed by atoms with Gasteiger partial charge in [0.15, 0.2) is 0 Å². The van der Waals surface area contributed by atoms with E-state index in [1.165, 1.54) is 0 Å². The molecule has 0 saturated carbocycles. The topological polar surface area (TPSA) is 51.4 Å². The van der Waals surface area contributed by atoms with Crippen molar-refractivity contribution in [3.8, 4) is 5.88 Å². The Morgan fingerprint density at radius 1 is 1.53 bits per heavy atom. The first-order valence-corrected chi connectivity index (χ1v) is 6.26. The zero-order chi connectivity index (χ0) is 12.3. The van der Waals surface area contributed by atoms with Gasteiger partial charge in [-0.15, -0.1) is 0 Å². The Morgan fingerprint density at radius 3 is 2.82 bits per heavy atom. The van der Waals surface area contributed by atoms with Crippen molar-refractivity contribution < 1.29 is 4.74 Å². The highest BCUT2D eigenvalue weighted by Gasteiger charge is 2.19. The minimum Gasteiger partial charge on any atom is -0.473 e. The number of aromatic nitrogens is 1. The fraction of sp³-hybridized carbons (Fsp3) is 0.583. The molecule has 0 aliphatic carbocycles. The zero-order valence-corrected chi connectivity index (χ0v) is 10.8. The van der Waals surface area contributed by atoms with Crippen molar-refractivity contribution in [1.82, 2.24) is 9.88 Å². The highest BCUT2D eigenvalue weighted by molar-refractivity contribution is 6.31. The molecule has 0 amide bonds. The van der Waals surface area contributed by atoms with Gasteiger partial charge in [0.05, 0.1) is 0 Å². The maximum Gasteiger partial charge on any atom is 0.232 e. The molecular formula is C12H18ClN3O. The van der Waals surface area contributed by atoms with Crippen LogP contribution in [-0.4, -0.2) is 36.1 Å². The molecule has 0 unspecified atom stereocenters. The highest BCUT2D eigenvalue weighted by atomic mass is 35.5. The summed E-state index contributed by atoms with van der Waals surface area (Å²) in [6, 6.07) is 1.82. The van der Waals surface area contributed by atoms with Crippen molar-refractivity contribution in [3.05, 3.63) is 22.8 Å². The van der Waals surface area contributed by atoms with Crippen LogP contribution in [0.3, 0.4) is 0 Å². The Morgan fingerprint density at radius 2 is 2.24 bits per heavy atom. The molecule has 1 aromatic heterocycles. The van der Waals surface area contributed by atoms with E-state index in [9.17, 15) is 0 Å². The number of piperidine rings is 1. The molecule has 94 valence electrons. The number of ether oxygens (including phenoxy) is 1. The average Bonchev–Trinajstić information content (AvgIpc) is 2.34. The molecule has 0 aromatic carbocycles. The van der Waals surface area contributed by atoms with Crippen molar-refractivity contribution in [3.63, 3.8) is 0 Å². The lowest BCUT2D eigenvalue weighted by atomic mass is 10.1. The van der Waals surface area contributed by atoms with E-state index >= 15 is 0 Å². The van der Waals surface area contributed by atoms with Crippen molar-refractivity contribution >= 4 is 11.6 Å². The summed E-state index contributed by atoms with van der Waals surface area (Å²) in [5.74, 6) is 0.526. The maximum atomic E-state index is 6.10. The molecule has 2 rings (SSSR count). The SMILES string of the molecule is CN1CCC(Oc2ncc(CN)cc2Cl)CC1. The second-order valence-electron chi connectivity index (χ2n) is 4.46. The van der Waals surface area contributed by atoms with Gasteiger partial charge < -0.3 is 15.4 Å². The van der Waals surface area contributed by atoms with E-state index in [0.29, 0.717) is 17.4 Å². The molecule has 0 radical (unpaired) electrons. The van der Waals surface area contributed by atoms with Crippen molar-refractivity contribution in [1.29, 1.82) is 0 Å². The molecule has 17 heavy (non-hydrogen) atoms. The van der Waals surface area contributed by atoms with Crippen LogP contribution in [-0.2, 0) is 6.54 Å². The van der Waals surface area contributed by atoms with Gasteiger partial charge in [-0.05, 0) is 31.5 Å². The summed E-state index contributed by atoms with van der Waals surface area (Å²) in [5, 5.41) is 0.548. The molecule has 0 spiro atoms. The lowest BCUT2D eigenvalue weighted by Gasteiger charge is -2.29. The fourth-order valence-corrected chi connectivity index (χ4v) is 2.16. The Kier molecular flexibility index (Phi) is 4.20. The maximum absolute atomic E-state index is 6.10. The molecule has 0 atom stereocenters. The van der Waals surface area contributed by atoms with Gasteiger partial charge in [-0.2, -0.15) is 0 Å². The minimum atomic E-state index is 0.222. The summed E-state index contributed by atoms with van der Waals surface area (Å²) in [4.78, 5) is 6.51. The number of hydrogen-bond acceptors (Lipinski definition) is 4. The van der Waals surface area contributed by atoms with Gasteiger partial charge in [-0.25, -0.2) is 4.98 Å². The fourth-order valence-electron chi connectivity index (χ4n) is 1.92. The second-order valence-corrected chi connectivity index (χ2v) is 4.86. The highest BCUT2D eigenvalue weighted by Crippen LogP contribution is 2.25. The lowest BCUT2D eigenvalue weighted by molar-refractivity contribution is 0.110. The van der Waals surface area contributed by atoms with Gasteiger partial charge in [0, 0.05) is 25.8 Å². The van der Waals surface area contributed by atoms with Crippen molar-refractivity contribution in [2.24, 2.45) is 5.73 Å². The van der Waals surface area contributed by atoms with Gasteiger partial charge in [-0.3, -0.25) is 0 Å². The number of nitrogens with two attached hydrogens (primary N) is 1. The van der Waals surface area contributed by atoms with Gasteiger partial charge >= 0.3 is 0 Å². The van der Waals surface area contributed by atoms with E-state index in [-0.39, 0.29) is 6.10 Å². The third kappa shape index (κ3) is 3.31. The first-order valence-electron chi connectivity index (χ1n) is 5.88. The number of likely N-dealkylation sites (tertiary alicyclic amines) is 1. The van der Waals surface area contributed by atoms with Crippen molar-refractivity contribution in [2.45, 2.75) is 25.5 Å². The Bertz CT molecular complexity index is 378. The van der Waals surface area contributed by atoms with Gasteiger partial charge in [0.1, 0.15) is 11.1 Å². The number of halogens is 1. The normalized spacial score (nSPS) is 18.3. The van der Waals surface area contributed by atoms with E-state index in [4.69, 9.17) is 22.1 Å². The summed E-state index contributed by atoms with van der Waals surface area (Å²) < 4.78 is 5.82. The van der Waals surface area contributed by atoms with E-state index in [2.05, 4.69) is 16.9 Å². The zero-order valence-electron chi connectivity index (χ0n) is 10.0. The molecule has 1 fully saturated rings. The van der Waals surface area contributed by atoms with Crippen LogP contribution in [0.5, 0.6) is 5.88 Å². The van der Waals surface area contributed by atoms with Gasteiger partial charge in [0.25, 0.3) is 0 Å². The first kappa shape index (κ1) is 12.6. The number of pyridine rings is 1. The number of hydrogen-bond donors (Lipinski definition) is 1. The van der Waals surface area contributed by atoms with Crippen LogP contribution in [0.25, 0.3) is 0 Å². The molecule has 2 N–H and O–H groups in total. The first-order chi connectivity index (χ1) is 8.19. The molecule has 4 nitrogen and oxygen atoms in total. The third-order valence-electron chi connectivity index (χ3n) is 3.04. The van der Waals surface area contributed by atoms with E-state index in [1.807, 2.05) is 6.07 Å². The predicted molar refractivity (Wildman–Crippen MR) is 68.3 cm³/mol. The van der Waals surface area contributed by atoms with Crippen LogP contribution in [0, 0.1) is 0 Å². The molecule has 0 bridgehead atoms. The minimum absolute atomic E-state index is 0.222. The van der Waals surface area contributed by atoms with Crippen LogP contribution < -0.4 is 10.5 Å².